The van der Waals surface area contributed by atoms with Gasteiger partial charge in [-0.1, -0.05) is 12.8 Å². The van der Waals surface area contributed by atoms with E-state index in [1.54, 1.807) is 7.11 Å². The number of nitrogens with zero attached hydrogens (tertiary/aromatic N) is 1. The highest BCUT2D eigenvalue weighted by molar-refractivity contribution is 5.98. The van der Waals surface area contributed by atoms with Gasteiger partial charge < -0.3 is 19.7 Å². The highest BCUT2D eigenvalue weighted by Gasteiger charge is 2.23. The molecule has 0 atom stereocenters. The van der Waals surface area contributed by atoms with Crippen LogP contribution in [0.25, 0.3) is 10.9 Å². The third kappa shape index (κ3) is 2.93. The van der Waals surface area contributed by atoms with Gasteiger partial charge in [0.05, 0.1) is 12.6 Å². The molecule has 0 amide bonds. The maximum atomic E-state index is 11.8. The van der Waals surface area contributed by atoms with E-state index >= 15 is 0 Å². The fourth-order valence-corrected chi connectivity index (χ4v) is 3.66. The number of nitrogens with one attached hydrogen (secondary N) is 1. The van der Waals surface area contributed by atoms with Gasteiger partial charge in [0.1, 0.15) is 11.4 Å². The normalized spacial score (nSPS) is 15.4. The molecule has 1 aromatic heterocycles. The second-order valence-electron chi connectivity index (χ2n) is 6.12. The van der Waals surface area contributed by atoms with Crippen LogP contribution in [0.15, 0.2) is 18.2 Å². The Morgan fingerprint density at radius 3 is 2.74 bits per heavy atom. The Labute approximate surface area is 136 Å². The summed E-state index contributed by atoms with van der Waals surface area (Å²) < 4.78 is 7.16. The lowest BCUT2D eigenvalue weighted by molar-refractivity contribution is 0.0684. The average molecular weight is 316 g/mol. The Bertz CT molecular complexity index is 715. The standard InChI is InChI=1S/C18H24N2O3/c1-3-20-16-10-13(23-2)8-9-14(16)15(17(20)18(21)22)11-19-12-6-4-5-7-12/h8-10,12,19H,3-7,11H2,1-2H3,(H,21,22). The Kier molecular flexibility index (Phi) is 4.57. The number of aryl methyl sites for hydroxylation is 1. The second-order valence-corrected chi connectivity index (χ2v) is 6.12. The zero-order valence-electron chi connectivity index (χ0n) is 13.8. The highest BCUT2D eigenvalue weighted by Crippen LogP contribution is 2.30. The van der Waals surface area contributed by atoms with E-state index in [2.05, 4.69) is 5.32 Å². The van der Waals surface area contributed by atoms with Gasteiger partial charge in [0, 0.05) is 36.1 Å². The molecule has 2 aromatic rings. The van der Waals surface area contributed by atoms with E-state index in [0.29, 0.717) is 24.8 Å². The van der Waals surface area contributed by atoms with E-state index in [0.717, 1.165) is 22.2 Å². The molecule has 0 spiro atoms. The molecular weight excluding hydrogens is 292 g/mol. The molecule has 1 saturated carbocycles. The summed E-state index contributed by atoms with van der Waals surface area (Å²) in [7, 11) is 1.63. The van der Waals surface area contributed by atoms with Gasteiger partial charge in [-0.15, -0.1) is 0 Å². The Morgan fingerprint density at radius 1 is 1.39 bits per heavy atom. The molecule has 0 bridgehead atoms. The first-order valence-corrected chi connectivity index (χ1v) is 8.31. The lowest BCUT2D eigenvalue weighted by atomic mass is 10.1. The number of benzene rings is 1. The minimum atomic E-state index is -0.870. The van der Waals surface area contributed by atoms with Crippen molar-refractivity contribution in [2.45, 2.75) is 51.7 Å². The van der Waals surface area contributed by atoms with E-state index in [-0.39, 0.29) is 0 Å². The number of carboxylic acids is 1. The lowest BCUT2D eigenvalue weighted by Gasteiger charge is -2.12. The van der Waals surface area contributed by atoms with Crippen molar-refractivity contribution in [3.63, 3.8) is 0 Å². The topological polar surface area (TPSA) is 63.5 Å². The molecular formula is C18H24N2O3. The molecule has 1 heterocycles. The molecule has 1 aliphatic rings. The third-order valence-electron chi connectivity index (χ3n) is 4.82. The van der Waals surface area contributed by atoms with Crippen molar-refractivity contribution in [1.29, 1.82) is 0 Å². The molecule has 5 heteroatoms. The molecule has 1 fully saturated rings. The van der Waals surface area contributed by atoms with E-state index in [9.17, 15) is 9.90 Å². The van der Waals surface area contributed by atoms with Gasteiger partial charge in [0.2, 0.25) is 0 Å². The van der Waals surface area contributed by atoms with Crippen LogP contribution in [0.3, 0.4) is 0 Å². The van der Waals surface area contributed by atoms with Gasteiger partial charge in [-0.05, 0) is 31.9 Å². The lowest BCUT2D eigenvalue weighted by Crippen LogP contribution is -2.26. The number of hydrogen-bond acceptors (Lipinski definition) is 3. The molecule has 3 rings (SSSR count). The van der Waals surface area contributed by atoms with Gasteiger partial charge in [-0.2, -0.15) is 0 Å². The second kappa shape index (κ2) is 6.62. The molecule has 2 N–H and O–H groups in total. The quantitative estimate of drug-likeness (QED) is 0.857. The molecule has 0 aliphatic heterocycles. The Morgan fingerprint density at radius 2 is 2.13 bits per heavy atom. The van der Waals surface area contributed by atoms with Gasteiger partial charge in [0.15, 0.2) is 0 Å². The van der Waals surface area contributed by atoms with Crippen molar-refractivity contribution in [2.75, 3.05) is 7.11 Å². The van der Waals surface area contributed by atoms with E-state index in [1.807, 2.05) is 29.7 Å². The first-order chi connectivity index (χ1) is 11.2. The largest absolute Gasteiger partial charge is 0.497 e. The van der Waals surface area contributed by atoms with Crippen LogP contribution in [0, 0.1) is 0 Å². The Hall–Kier alpha value is -2.01. The molecule has 1 aliphatic carbocycles. The molecule has 0 radical (unpaired) electrons. The minimum absolute atomic E-state index is 0.390. The molecule has 1 aromatic carbocycles. The van der Waals surface area contributed by atoms with Gasteiger partial charge in [-0.3, -0.25) is 0 Å². The molecule has 0 unspecified atom stereocenters. The number of ether oxygens (including phenoxy) is 1. The summed E-state index contributed by atoms with van der Waals surface area (Å²) in [4.78, 5) is 11.8. The fraction of sp³-hybridized carbons (Fsp3) is 0.500. The Balaban J connectivity index is 2.05. The molecule has 5 nitrogen and oxygen atoms in total. The summed E-state index contributed by atoms with van der Waals surface area (Å²) in [5.74, 6) is -0.123. The predicted molar refractivity (Wildman–Crippen MR) is 90.2 cm³/mol. The smallest absolute Gasteiger partial charge is 0.352 e. The first-order valence-electron chi connectivity index (χ1n) is 8.31. The predicted octanol–water partition coefficient (Wildman–Crippen LogP) is 3.40. The number of fused-ring (bicyclic) bond motifs is 1. The first kappa shape index (κ1) is 15.9. The molecule has 124 valence electrons. The fourth-order valence-electron chi connectivity index (χ4n) is 3.66. The SMILES string of the molecule is CCn1c(C(=O)O)c(CNC2CCCC2)c2ccc(OC)cc21. The number of hydrogen-bond donors (Lipinski definition) is 2. The van der Waals surface area contributed by atoms with Gasteiger partial charge >= 0.3 is 5.97 Å². The van der Waals surface area contributed by atoms with Crippen LogP contribution in [-0.4, -0.2) is 28.8 Å². The van der Waals surface area contributed by atoms with Gasteiger partial charge in [0.25, 0.3) is 0 Å². The summed E-state index contributed by atoms with van der Waals surface area (Å²) >= 11 is 0. The summed E-state index contributed by atoms with van der Waals surface area (Å²) in [6, 6.07) is 6.30. The summed E-state index contributed by atoms with van der Waals surface area (Å²) in [6.45, 7) is 3.19. The highest BCUT2D eigenvalue weighted by atomic mass is 16.5. The van der Waals surface area contributed by atoms with Crippen LogP contribution in [0.4, 0.5) is 0 Å². The van der Waals surface area contributed by atoms with Crippen molar-refractivity contribution in [3.8, 4) is 5.75 Å². The van der Waals surface area contributed by atoms with Crippen molar-refractivity contribution in [3.05, 3.63) is 29.5 Å². The number of aromatic nitrogens is 1. The van der Waals surface area contributed by atoms with Crippen LogP contribution in [0.5, 0.6) is 5.75 Å². The van der Waals surface area contributed by atoms with Crippen molar-refractivity contribution in [1.82, 2.24) is 9.88 Å². The number of aromatic carboxylic acids is 1. The number of methoxy groups -OCH3 is 1. The number of carboxylic acid groups (broad SMARTS) is 1. The van der Waals surface area contributed by atoms with Crippen molar-refractivity contribution in [2.24, 2.45) is 0 Å². The van der Waals surface area contributed by atoms with Crippen LogP contribution in [-0.2, 0) is 13.1 Å². The van der Waals surface area contributed by atoms with Crippen LogP contribution in [0.2, 0.25) is 0 Å². The zero-order valence-corrected chi connectivity index (χ0v) is 13.8. The average Bonchev–Trinajstić information content (AvgIpc) is 3.17. The van der Waals surface area contributed by atoms with E-state index in [4.69, 9.17) is 4.74 Å². The number of carbonyl (C=O) groups is 1. The third-order valence-corrected chi connectivity index (χ3v) is 4.82. The summed E-state index contributed by atoms with van der Waals surface area (Å²) in [5.41, 5.74) is 2.19. The maximum Gasteiger partial charge on any atom is 0.352 e. The van der Waals surface area contributed by atoms with Crippen LogP contribution in [0.1, 0.15) is 48.7 Å². The summed E-state index contributed by atoms with van der Waals surface area (Å²) in [5, 5.41) is 14.3. The van der Waals surface area contributed by atoms with E-state index < -0.39 is 5.97 Å². The van der Waals surface area contributed by atoms with Crippen LogP contribution < -0.4 is 10.1 Å². The monoisotopic (exact) mass is 316 g/mol. The minimum Gasteiger partial charge on any atom is -0.497 e. The van der Waals surface area contributed by atoms with Crippen molar-refractivity contribution >= 4 is 16.9 Å². The van der Waals surface area contributed by atoms with Crippen LogP contribution >= 0.6 is 0 Å². The summed E-state index contributed by atoms with van der Waals surface area (Å²) in [6.07, 6.45) is 4.89. The number of rotatable bonds is 6. The van der Waals surface area contributed by atoms with E-state index in [1.165, 1.54) is 25.7 Å². The molecule has 23 heavy (non-hydrogen) atoms. The maximum absolute atomic E-state index is 11.8. The van der Waals surface area contributed by atoms with Crippen molar-refractivity contribution < 1.29 is 14.6 Å². The van der Waals surface area contributed by atoms with Gasteiger partial charge in [-0.25, -0.2) is 4.79 Å². The molecule has 0 saturated heterocycles. The zero-order chi connectivity index (χ0) is 16.4.